The molecule has 0 saturated heterocycles. The van der Waals surface area contributed by atoms with E-state index >= 15 is 0 Å². The molecule has 20 heavy (non-hydrogen) atoms. The Morgan fingerprint density at radius 2 is 1.90 bits per heavy atom. The summed E-state index contributed by atoms with van der Waals surface area (Å²) in [4.78, 5) is 11.7. The molecule has 0 aromatic heterocycles. The molecule has 1 unspecified atom stereocenters. The fourth-order valence-corrected chi connectivity index (χ4v) is 2.61. The lowest BCUT2D eigenvalue weighted by molar-refractivity contribution is -0.135. The van der Waals surface area contributed by atoms with Gasteiger partial charge in [0, 0.05) is 5.92 Å². The molecule has 2 aromatic carbocycles. The summed E-state index contributed by atoms with van der Waals surface area (Å²) in [5, 5.41) is 0. The van der Waals surface area contributed by atoms with Crippen LogP contribution in [0.3, 0.4) is 0 Å². The predicted octanol–water partition coefficient (Wildman–Crippen LogP) is 3.33. The molecule has 0 spiro atoms. The number of methoxy groups -OCH3 is 1. The van der Waals surface area contributed by atoms with E-state index in [0.717, 1.165) is 17.7 Å². The minimum atomic E-state index is -0.151. The van der Waals surface area contributed by atoms with Gasteiger partial charge in [0.25, 0.3) is 0 Å². The van der Waals surface area contributed by atoms with E-state index in [4.69, 9.17) is 9.47 Å². The molecule has 1 aliphatic heterocycles. The third-order valence-electron chi connectivity index (χ3n) is 3.64. The number of carbonyl (C=O) groups is 1. The van der Waals surface area contributed by atoms with E-state index in [-0.39, 0.29) is 11.9 Å². The summed E-state index contributed by atoms with van der Waals surface area (Å²) in [6, 6.07) is 15.7. The van der Waals surface area contributed by atoms with Gasteiger partial charge < -0.3 is 9.47 Å². The van der Waals surface area contributed by atoms with Crippen LogP contribution in [0.15, 0.2) is 48.5 Å². The first-order chi connectivity index (χ1) is 9.76. The Balaban J connectivity index is 1.85. The molecule has 0 amide bonds. The molecule has 0 fully saturated rings. The number of hydrogen-bond acceptors (Lipinski definition) is 3. The summed E-state index contributed by atoms with van der Waals surface area (Å²) in [6.45, 7) is 0. The Bertz CT molecular complexity index is 616. The van der Waals surface area contributed by atoms with Gasteiger partial charge in [0.2, 0.25) is 0 Å². The fraction of sp³-hybridized carbons (Fsp3) is 0.235. The van der Waals surface area contributed by atoms with Crippen molar-refractivity contribution < 1.29 is 14.3 Å². The van der Waals surface area contributed by atoms with E-state index in [2.05, 4.69) is 0 Å². The van der Waals surface area contributed by atoms with E-state index in [1.807, 2.05) is 48.5 Å². The number of rotatable bonds is 3. The first-order valence-electron chi connectivity index (χ1n) is 6.69. The molecule has 2 aromatic rings. The molecule has 1 heterocycles. The molecule has 3 nitrogen and oxygen atoms in total. The van der Waals surface area contributed by atoms with Crippen LogP contribution < -0.4 is 9.47 Å². The third kappa shape index (κ3) is 2.52. The van der Waals surface area contributed by atoms with Crippen molar-refractivity contribution in [3.8, 4) is 11.5 Å². The molecule has 0 saturated carbocycles. The van der Waals surface area contributed by atoms with Gasteiger partial charge in [-0.2, -0.15) is 0 Å². The lowest BCUT2D eigenvalue weighted by Gasteiger charge is -2.24. The quantitative estimate of drug-likeness (QED) is 0.632. The zero-order valence-electron chi connectivity index (χ0n) is 11.3. The van der Waals surface area contributed by atoms with Crippen LogP contribution in [0.1, 0.15) is 23.5 Å². The van der Waals surface area contributed by atoms with Crippen molar-refractivity contribution in [2.24, 2.45) is 0 Å². The SMILES string of the molecule is COc1ccc(CC2CC(=O)Oc3ccccc32)cc1. The van der Waals surface area contributed by atoms with Crippen LogP contribution in [0.2, 0.25) is 0 Å². The molecular weight excluding hydrogens is 252 g/mol. The van der Waals surface area contributed by atoms with Crippen LogP contribution in [-0.4, -0.2) is 13.1 Å². The summed E-state index contributed by atoms with van der Waals surface area (Å²) in [5.41, 5.74) is 2.31. The van der Waals surface area contributed by atoms with Crippen molar-refractivity contribution in [2.75, 3.05) is 7.11 Å². The van der Waals surface area contributed by atoms with Crippen LogP contribution in [0.4, 0.5) is 0 Å². The van der Waals surface area contributed by atoms with Gasteiger partial charge in [-0.1, -0.05) is 30.3 Å². The van der Waals surface area contributed by atoms with Crippen LogP contribution in [0.5, 0.6) is 11.5 Å². The highest BCUT2D eigenvalue weighted by molar-refractivity contribution is 5.76. The van der Waals surface area contributed by atoms with Gasteiger partial charge >= 0.3 is 5.97 Å². The number of para-hydroxylation sites is 1. The van der Waals surface area contributed by atoms with Crippen molar-refractivity contribution in [2.45, 2.75) is 18.8 Å². The van der Waals surface area contributed by atoms with E-state index in [9.17, 15) is 4.79 Å². The topological polar surface area (TPSA) is 35.5 Å². The molecule has 1 aliphatic rings. The summed E-state index contributed by atoms with van der Waals surface area (Å²) in [6.07, 6.45) is 1.26. The lowest BCUT2D eigenvalue weighted by Crippen LogP contribution is -2.21. The molecule has 3 rings (SSSR count). The van der Waals surface area contributed by atoms with Crippen LogP contribution in [0, 0.1) is 0 Å². The average Bonchev–Trinajstić information content (AvgIpc) is 2.48. The molecule has 0 radical (unpaired) electrons. The second kappa shape index (κ2) is 5.37. The van der Waals surface area contributed by atoms with Gasteiger partial charge in [-0.25, -0.2) is 0 Å². The predicted molar refractivity (Wildman–Crippen MR) is 76.1 cm³/mol. The molecule has 1 atom stereocenters. The second-order valence-corrected chi connectivity index (χ2v) is 4.97. The maximum Gasteiger partial charge on any atom is 0.311 e. The summed E-state index contributed by atoms with van der Waals surface area (Å²) >= 11 is 0. The van der Waals surface area contributed by atoms with Crippen molar-refractivity contribution in [1.29, 1.82) is 0 Å². The molecule has 102 valence electrons. The van der Waals surface area contributed by atoms with Crippen LogP contribution in [-0.2, 0) is 11.2 Å². The van der Waals surface area contributed by atoms with E-state index < -0.39 is 0 Å². The van der Waals surface area contributed by atoms with Crippen molar-refractivity contribution >= 4 is 5.97 Å². The highest BCUT2D eigenvalue weighted by Crippen LogP contribution is 2.36. The van der Waals surface area contributed by atoms with Crippen LogP contribution >= 0.6 is 0 Å². The van der Waals surface area contributed by atoms with Gasteiger partial charge in [0.1, 0.15) is 11.5 Å². The Labute approximate surface area is 118 Å². The molecule has 0 bridgehead atoms. The zero-order valence-corrected chi connectivity index (χ0v) is 11.3. The molecule has 0 aliphatic carbocycles. The van der Waals surface area contributed by atoms with Crippen molar-refractivity contribution in [3.05, 3.63) is 59.7 Å². The highest BCUT2D eigenvalue weighted by atomic mass is 16.5. The number of carbonyl (C=O) groups excluding carboxylic acids is 1. The Morgan fingerprint density at radius 1 is 1.15 bits per heavy atom. The van der Waals surface area contributed by atoms with Crippen LogP contribution in [0.25, 0.3) is 0 Å². The summed E-state index contributed by atoms with van der Waals surface area (Å²) in [7, 11) is 1.66. The first-order valence-corrected chi connectivity index (χ1v) is 6.69. The Morgan fingerprint density at radius 3 is 2.65 bits per heavy atom. The maximum atomic E-state index is 11.7. The fourth-order valence-electron chi connectivity index (χ4n) is 2.61. The average molecular weight is 268 g/mol. The van der Waals surface area contributed by atoms with E-state index in [1.54, 1.807) is 7.11 Å². The smallest absolute Gasteiger partial charge is 0.311 e. The van der Waals surface area contributed by atoms with Crippen molar-refractivity contribution in [1.82, 2.24) is 0 Å². The number of ether oxygens (including phenoxy) is 2. The summed E-state index contributed by atoms with van der Waals surface area (Å²) in [5.74, 6) is 1.57. The van der Waals surface area contributed by atoms with Gasteiger partial charge in [-0.3, -0.25) is 4.79 Å². The standard InChI is InChI=1S/C17H16O3/c1-19-14-8-6-12(7-9-14)10-13-11-17(18)20-16-5-3-2-4-15(13)16/h2-9,13H,10-11H2,1H3. The normalized spacial score (nSPS) is 17.2. The third-order valence-corrected chi connectivity index (χ3v) is 3.64. The Kier molecular flexibility index (Phi) is 3.42. The van der Waals surface area contributed by atoms with Gasteiger partial charge in [-0.05, 0) is 35.7 Å². The molecule has 3 heteroatoms. The largest absolute Gasteiger partial charge is 0.497 e. The lowest BCUT2D eigenvalue weighted by atomic mass is 9.87. The highest BCUT2D eigenvalue weighted by Gasteiger charge is 2.26. The van der Waals surface area contributed by atoms with Crippen molar-refractivity contribution in [3.63, 3.8) is 0 Å². The minimum absolute atomic E-state index is 0.151. The number of fused-ring (bicyclic) bond motifs is 1. The minimum Gasteiger partial charge on any atom is -0.497 e. The zero-order chi connectivity index (χ0) is 13.9. The maximum absolute atomic E-state index is 11.7. The van der Waals surface area contributed by atoms with E-state index in [1.165, 1.54) is 5.56 Å². The molecular formula is C17H16O3. The van der Waals surface area contributed by atoms with E-state index in [0.29, 0.717) is 12.2 Å². The monoisotopic (exact) mass is 268 g/mol. The number of esters is 1. The first kappa shape index (κ1) is 12.7. The number of benzene rings is 2. The van der Waals surface area contributed by atoms with Gasteiger partial charge in [-0.15, -0.1) is 0 Å². The summed E-state index contributed by atoms with van der Waals surface area (Å²) < 4.78 is 10.4. The Hall–Kier alpha value is -2.29. The second-order valence-electron chi connectivity index (χ2n) is 4.97. The number of hydrogen-bond donors (Lipinski definition) is 0. The van der Waals surface area contributed by atoms with Gasteiger partial charge in [0.05, 0.1) is 13.5 Å². The molecule has 0 N–H and O–H groups in total. The van der Waals surface area contributed by atoms with Gasteiger partial charge in [0.15, 0.2) is 0 Å².